The summed E-state index contributed by atoms with van der Waals surface area (Å²) < 4.78 is 4.83. The summed E-state index contributed by atoms with van der Waals surface area (Å²) >= 11 is 0. The number of nitrogens with one attached hydrogen (secondary N) is 1. The Morgan fingerprint density at radius 2 is 2.38 bits per heavy atom. The summed E-state index contributed by atoms with van der Waals surface area (Å²) in [5.74, 6) is -0.230. The van der Waals surface area contributed by atoms with Crippen LogP contribution in [0.25, 0.3) is 0 Å². The quantitative estimate of drug-likeness (QED) is 0.522. The minimum absolute atomic E-state index is 0.230. The monoisotopic (exact) mass is 183 g/mol. The molecule has 0 saturated carbocycles. The second-order valence-electron chi connectivity index (χ2n) is 3.16. The van der Waals surface area contributed by atoms with Crippen molar-refractivity contribution in [1.29, 1.82) is 0 Å². The maximum atomic E-state index is 11.1. The molecule has 0 amide bonds. The van der Waals surface area contributed by atoms with E-state index in [4.69, 9.17) is 4.74 Å². The summed E-state index contributed by atoms with van der Waals surface area (Å²) in [5.41, 5.74) is 1.02. The highest BCUT2D eigenvalue weighted by Gasteiger charge is 2.05. The Morgan fingerprint density at radius 3 is 3.15 bits per heavy atom. The van der Waals surface area contributed by atoms with Crippen molar-refractivity contribution in [1.82, 2.24) is 5.32 Å². The summed E-state index contributed by atoms with van der Waals surface area (Å²) in [4.78, 5) is 11.1. The first kappa shape index (κ1) is 10.1. The van der Waals surface area contributed by atoms with Gasteiger partial charge in [-0.3, -0.25) is 0 Å². The van der Waals surface area contributed by atoms with E-state index in [1.165, 1.54) is 12.8 Å². The molecule has 13 heavy (non-hydrogen) atoms. The third-order valence-corrected chi connectivity index (χ3v) is 2.05. The first-order valence-corrected chi connectivity index (χ1v) is 4.94. The highest BCUT2D eigenvalue weighted by Crippen LogP contribution is 2.10. The molecule has 0 bridgehead atoms. The van der Waals surface area contributed by atoms with Gasteiger partial charge in [-0.15, -0.1) is 0 Å². The largest absolute Gasteiger partial charge is 0.463 e. The number of hydrogen-bond donors (Lipinski definition) is 1. The van der Waals surface area contributed by atoms with E-state index >= 15 is 0 Å². The maximum absolute atomic E-state index is 11.1. The molecule has 0 atom stereocenters. The van der Waals surface area contributed by atoms with Crippen molar-refractivity contribution in [3.63, 3.8) is 0 Å². The Kier molecular flexibility index (Phi) is 4.36. The predicted molar refractivity (Wildman–Crippen MR) is 51.2 cm³/mol. The standard InChI is InChI=1S/C10H17NO2/c1-2-13-10(12)8-9-6-4-3-5-7-11-9/h8,11H,2-7H2,1H3/b9-8+. The van der Waals surface area contributed by atoms with Crippen LogP contribution >= 0.6 is 0 Å². The zero-order valence-corrected chi connectivity index (χ0v) is 8.14. The van der Waals surface area contributed by atoms with Crippen LogP contribution in [-0.2, 0) is 9.53 Å². The zero-order chi connectivity index (χ0) is 9.52. The lowest BCUT2D eigenvalue weighted by Crippen LogP contribution is -2.14. The fourth-order valence-corrected chi connectivity index (χ4v) is 1.40. The van der Waals surface area contributed by atoms with Crippen molar-refractivity contribution in [2.45, 2.75) is 32.6 Å². The minimum atomic E-state index is -0.230. The van der Waals surface area contributed by atoms with Crippen LogP contribution < -0.4 is 5.32 Å². The summed E-state index contributed by atoms with van der Waals surface area (Å²) in [6, 6.07) is 0. The molecule has 0 aromatic heterocycles. The van der Waals surface area contributed by atoms with Crippen molar-refractivity contribution >= 4 is 5.97 Å². The molecule has 1 heterocycles. The molecule has 0 spiro atoms. The smallest absolute Gasteiger partial charge is 0.332 e. The number of carbonyl (C=O) groups is 1. The van der Waals surface area contributed by atoms with Crippen molar-refractivity contribution in [2.24, 2.45) is 0 Å². The van der Waals surface area contributed by atoms with Gasteiger partial charge in [-0.05, 0) is 26.2 Å². The molecule has 74 valence electrons. The Morgan fingerprint density at radius 1 is 1.54 bits per heavy atom. The van der Waals surface area contributed by atoms with Gasteiger partial charge in [-0.25, -0.2) is 4.79 Å². The van der Waals surface area contributed by atoms with E-state index in [0.717, 1.165) is 25.1 Å². The number of esters is 1. The fourth-order valence-electron chi connectivity index (χ4n) is 1.40. The van der Waals surface area contributed by atoms with E-state index in [0.29, 0.717) is 6.61 Å². The number of rotatable bonds is 2. The molecule has 0 radical (unpaired) electrons. The Bertz CT molecular complexity index is 189. The van der Waals surface area contributed by atoms with Gasteiger partial charge in [0, 0.05) is 18.3 Å². The average Bonchev–Trinajstić information content (AvgIpc) is 2.33. The van der Waals surface area contributed by atoms with Crippen LogP contribution in [0.1, 0.15) is 32.6 Å². The number of carbonyl (C=O) groups excluding carboxylic acids is 1. The van der Waals surface area contributed by atoms with Gasteiger partial charge in [-0.1, -0.05) is 6.42 Å². The average molecular weight is 183 g/mol. The van der Waals surface area contributed by atoms with E-state index in [1.54, 1.807) is 6.08 Å². The van der Waals surface area contributed by atoms with Gasteiger partial charge >= 0.3 is 5.97 Å². The number of hydrogen-bond acceptors (Lipinski definition) is 3. The van der Waals surface area contributed by atoms with Gasteiger partial charge in [-0.2, -0.15) is 0 Å². The van der Waals surface area contributed by atoms with Crippen molar-refractivity contribution < 1.29 is 9.53 Å². The van der Waals surface area contributed by atoms with Crippen molar-refractivity contribution in [3.05, 3.63) is 11.8 Å². The van der Waals surface area contributed by atoms with Crippen LogP contribution in [0.5, 0.6) is 0 Å². The molecular formula is C10H17NO2. The zero-order valence-electron chi connectivity index (χ0n) is 8.14. The van der Waals surface area contributed by atoms with Crippen LogP contribution in [0.3, 0.4) is 0 Å². The van der Waals surface area contributed by atoms with E-state index in [9.17, 15) is 4.79 Å². The highest BCUT2D eigenvalue weighted by atomic mass is 16.5. The molecule has 1 fully saturated rings. The molecule has 3 heteroatoms. The molecule has 1 rings (SSSR count). The minimum Gasteiger partial charge on any atom is -0.463 e. The second-order valence-corrected chi connectivity index (χ2v) is 3.16. The van der Waals surface area contributed by atoms with Crippen LogP contribution in [0.2, 0.25) is 0 Å². The molecular weight excluding hydrogens is 166 g/mol. The van der Waals surface area contributed by atoms with Crippen molar-refractivity contribution in [3.8, 4) is 0 Å². The Balaban J connectivity index is 2.42. The van der Waals surface area contributed by atoms with Gasteiger partial charge in [0.15, 0.2) is 0 Å². The SMILES string of the molecule is CCOC(=O)/C=C1\CCCCCN1. The van der Waals surface area contributed by atoms with E-state index in [-0.39, 0.29) is 5.97 Å². The van der Waals surface area contributed by atoms with Crippen LogP contribution in [-0.4, -0.2) is 19.1 Å². The molecule has 0 aliphatic carbocycles. The number of allylic oxidation sites excluding steroid dienone is 1. The van der Waals surface area contributed by atoms with Crippen LogP contribution in [0.4, 0.5) is 0 Å². The third kappa shape index (κ3) is 3.97. The highest BCUT2D eigenvalue weighted by molar-refractivity contribution is 5.82. The molecule has 1 N–H and O–H groups in total. The van der Waals surface area contributed by atoms with Gasteiger partial charge in [0.05, 0.1) is 6.61 Å². The molecule has 0 unspecified atom stereocenters. The Labute approximate surface area is 79.2 Å². The third-order valence-electron chi connectivity index (χ3n) is 2.05. The van der Waals surface area contributed by atoms with Gasteiger partial charge in [0.25, 0.3) is 0 Å². The molecule has 1 aliphatic heterocycles. The molecule has 0 aromatic rings. The molecule has 1 aliphatic rings. The van der Waals surface area contributed by atoms with Crippen LogP contribution in [0.15, 0.2) is 11.8 Å². The lowest BCUT2D eigenvalue weighted by atomic mass is 10.2. The van der Waals surface area contributed by atoms with Gasteiger partial charge in [0.1, 0.15) is 0 Å². The molecule has 1 saturated heterocycles. The first-order valence-electron chi connectivity index (χ1n) is 4.94. The van der Waals surface area contributed by atoms with Gasteiger partial charge in [0.2, 0.25) is 0 Å². The fraction of sp³-hybridized carbons (Fsp3) is 0.700. The van der Waals surface area contributed by atoms with E-state index in [1.807, 2.05) is 6.92 Å². The first-order chi connectivity index (χ1) is 6.33. The summed E-state index contributed by atoms with van der Waals surface area (Å²) in [6.45, 7) is 3.24. The van der Waals surface area contributed by atoms with Crippen molar-refractivity contribution in [2.75, 3.05) is 13.2 Å². The summed E-state index contributed by atoms with van der Waals surface area (Å²) in [7, 11) is 0. The predicted octanol–water partition coefficient (Wildman–Crippen LogP) is 1.60. The van der Waals surface area contributed by atoms with Crippen LogP contribution in [0, 0.1) is 0 Å². The second kappa shape index (κ2) is 5.62. The maximum Gasteiger partial charge on any atom is 0.332 e. The Hall–Kier alpha value is -0.990. The van der Waals surface area contributed by atoms with E-state index in [2.05, 4.69) is 5.32 Å². The summed E-state index contributed by atoms with van der Waals surface area (Å²) in [6.07, 6.45) is 6.15. The lowest BCUT2D eigenvalue weighted by Gasteiger charge is -2.05. The normalized spacial score (nSPS) is 20.5. The molecule has 3 nitrogen and oxygen atoms in total. The van der Waals surface area contributed by atoms with Gasteiger partial charge < -0.3 is 10.1 Å². The lowest BCUT2D eigenvalue weighted by molar-refractivity contribution is -0.137. The van der Waals surface area contributed by atoms with E-state index < -0.39 is 0 Å². The topological polar surface area (TPSA) is 38.3 Å². The molecule has 0 aromatic carbocycles. The summed E-state index contributed by atoms with van der Waals surface area (Å²) in [5, 5.41) is 3.23. The number of ether oxygens (including phenoxy) is 1.